The van der Waals surface area contributed by atoms with Crippen LogP contribution in [0.1, 0.15) is 10.4 Å². The Morgan fingerprint density at radius 3 is 2.22 bits per heavy atom. The Labute approximate surface area is 283 Å². The zero-order chi connectivity index (χ0) is 34.9. The molecule has 18 heteroatoms. The molecule has 6 rings (SSSR count). The van der Waals surface area contributed by atoms with Gasteiger partial charge in [0.05, 0.1) is 30.0 Å². The second-order valence-corrected chi connectivity index (χ2v) is 12.8. The molecule has 1 fully saturated rings. The number of nitrogens with one attached hydrogen (secondary N) is 3. The SMILES string of the molecule is COc1cc2[nH]c3ncnc(N4CCN(C(=S)Nc5ccc(S(=O)(=O)NC(=O)c6ccc(OC(F)(F)F)cc6)cc5)CC4)c3c2cc1OC. The van der Waals surface area contributed by atoms with Gasteiger partial charge in [-0.05, 0) is 66.8 Å². The van der Waals surface area contributed by atoms with E-state index in [4.69, 9.17) is 21.7 Å². The average molecular weight is 716 g/mol. The smallest absolute Gasteiger partial charge is 0.493 e. The molecule has 1 amide bonds. The summed E-state index contributed by atoms with van der Waals surface area (Å²) in [7, 11) is -1.13. The summed E-state index contributed by atoms with van der Waals surface area (Å²) in [5.41, 5.74) is 1.88. The molecule has 3 aromatic carbocycles. The molecule has 0 spiro atoms. The number of methoxy groups -OCH3 is 2. The Bertz CT molecular complexity index is 2140. The van der Waals surface area contributed by atoms with Crippen LogP contribution in [0.4, 0.5) is 24.7 Å². The quantitative estimate of drug-likeness (QED) is 0.192. The number of carbonyl (C=O) groups is 1. The van der Waals surface area contributed by atoms with Crippen molar-refractivity contribution in [2.75, 3.05) is 50.6 Å². The molecule has 3 N–H and O–H groups in total. The number of piperazine rings is 1. The van der Waals surface area contributed by atoms with Crippen LogP contribution in [0.3, 0.4) is 0 Å². The number of anilines is 2. The number of halogens is 3. The second-order valence-electron chi connectivity index (χ2n) is 10.7. The van der Waals surface area contributed by atoms with Gasteiger partial charge in [0.2, 0.25) is 0 Å². The van der Waals surface area contributed by atoms with Gasteiger partial charge in [0, 0.05) is 48.9 Å². The molecule has 0 saturated carbocycles. The molecule has 0 bridgehead atoms. The summed E-state index contributed by atoms with van der Waals surface area (Å²) in [6.45, 7) is 2.39. The molecular weight excluding hydrogens is 688 g/mol. The monoisotopic (exact) mass is 715 g/mol. The first kappa shape index (κ1) is 33.5. The minimum absolute atomic E-state index is 0.173. The Morgan fingerprint density at radius 1 is 0.939 bits per heavy atom. The highest BCUT2D eigenvalue weighted by Gasteiger charge is 2.31. The van der Waals surface area contributed by atoms with E-state index in [1.54, 1.807) is 14.2 Å². The van der Waals surface area contributed by atoms with E-state index < -0.39 is 28.0 Å². The molecular formula is C31H28F3N7O6S2. The van der Waals surface area contributed by atoms with Gasteiger partial charge in [-0.3, -0.25) is 4.79 Å². The van der Waals surface area contributed by atoms with Crippen LogP contribution >= 0.6 is 12.2 Å². The Balaban J connectivity index is 1.07. The van der Waals surface area contributed by atoms with E-state index in [0.717, 1.165) is 46.4 Å². The standard InChI is InChI=1S/C31H28F3N7O6S2/c1-45-24-15-22-23(16-25(24)46-2)38-27-26(22)28(36-17-35-27)40-11-13-41(14-12-40)30(48)37-19-5-9-21(10-6-19)49(43,44)39-29(42)18-3-7-20(8-4-18)47-31(32,33)34/h3-10,15-17H,11-14H2,1-2H3,(H,37,48)(H,39,42)(H,35,36,38). The maximum Gasteiger partial charge on any atom is 0.573 e. The highest BCUT2D eigenvalue weighted by Crippen LogP contribution is 2.38. The van der Waals surface area contributed by atoms with E-state index in [0.29, 0.717) is 54.1 Å². The van der Waals surface area contributed by atoms with E-state index in [-0.39, 0.29) is 10.5 Å². The number of hydrogen-bond donors (Lipinski definition) is 3. The molecule has 3 heterocycles. The molecule has 13 nitrogen and oxygen atoms in total. The minimum atomic E-state index is -4.90. The second kappa shape index (κ2) is 13.3. The van der Waals surface area contributed by atoms with E-state index >= 15 is 0 Å². The van der Waals surface area contributed by atoms with Crippen LogP contribution in [-0.2, 0) is 10.0 Å². The third-order valence-electron chi connectivity index (χ3n) is 7.73. The number of aromatic nitrogens is 3. The van der Waals surface area contributed by atoms with Gasteiger partial charge in [-0.15, -0.1) is 13.2 Å². The van der Waals surface area contributed by atoms with Crippen molar-refractivity contribution in [1.82, 2.24) is 24.6 Å². The van der Waals surface area contributed by atoms with Crippen molar-refractivity contribution >= 4 is 66.7 Å². The molecule has 1 saturated heterocycles. The van der Waals surface area contributed by atoms with Gasteiger partial charge in [0.25, 0.3) is 15.9 Å². The minimum Gasteiger partial charge on any atom is -0.493 e. The highest BCUT2D eigenvalue weighted by atomic mass is 32.2. The molecule has 2 aromatic heterocycles. The lowest BCUT2D eigenvalue weighted by atomic mass is 10.1. The lowest BCUT2D eigenvalue weighted by Gasteiger charge is -2.37. The maximum atomic E-state index is 12.8. The van der Waals surface area contributed by atoms with Crippen molar-refractivity contribution in [3.8, 4) is 17.2 Å². The number of fused-ring (bicyclic) bond motifs is 3. The zero-order valence-electron chi connectivity index (χ0n) is 25.9. The largest absolute Gasteiger partial charge is 0.573 e. The van der Waals surface area contributed by atoms with Gasteiger partial charge in [0.15, 0.2) is 16.6 Å². The van der Waals surface area contributed by atoms with Crippen molar-refractivity contribution in [3.05, 3.63) is 72.6 Å². The number of ether oxygens (including phenoxy) is 3. The fraction of sp³-hybridized carbons (Fsp3) is 0.226. The molecule has 1 aliphatic heterocycles. The first-order valence-electron chi connectivity index (χ1n) is 14.6. The van der Waals surface area contributed by atoms with Crippen LogP contribution in [0, 0.1) is 0 Å². The molecule has 1 aliphatic rings. The molecule has 0 atom stereocenters. The number of amides is 1. The van der Waals surface area contributed by atoms with E-state index in [9.17, 15) is 26.4 Å². The predicted octanol–water partition coefficient (Wildman–Crippen LogP) is 4.66. The predicted molar refractivity (Wildman–Crippen MR) is 179 cm³/mol. The summed E-state index contributed by atoms with van der Waals surface area (Å²) in [6.07, 6.45) is -3.38. The summed E-state index contributed by atoms with van der Waals surface area (Å²) >= 11 is 5.64. The molecule has 49 heavy (non-hydrogen) atoms. The van der Waals surface area contributed by atoms with Crippen LogP contribution in [0.2, 0.25) is 0 Å². The topological polar surface area (TPSA) is 151 Å². The Hall–Kier alpha value is -5.36. The van der Waals surface area contributed by atoms with Gasteiger partial charge in [0.1, 0.15) is 23.5 Å². The number of rotatable bonds is 8. The lowest BCUT2D eigenvalue weighted by Crippen LogP contribution is -2.50. The van der Waals surface area contributed by atoms with Crippen molar-refractivity contribution in [2.45, 2.75) is 11.3 Å². The van der Waals surface area contributed by atoms with Crippen LogP contribution < -0.4 is 29.1 Å². The number of aromatic amines is 1. The number of nitrogens with zero attached hydrogens (tertiary/aromatic N) is 4. The molecule has 5 aromatic rings. The number of hydrogen-bond acceptors (Lipinski definition) is 10. The zero-order valence-corrected chi connectivity index (χ0v) is 27.5. The van der Waals surface area contributed by atoms with Gasteiger partial charge in [-0.1, -0.05) is 0 Å². The number of H-pyrrole nitrogens is 1. The summed E-state index contributed by atoms with van der Waals surface area (Å²) < 4.78 is 79.4. The summed E-state index contributed by atoms with van der Waals surface area (Å²) in [5, 5.41) is 5.33. The van der Waals surface area contributed by atoms with E-state index in [1.807, 2.05) is 21.8 Å². The van der Waals surface area contributed by atoms with Crippen LogP contribution in [0.15, 0.2) is 71.9 Å². The number of sulfonamides is 1. The van der Waals surface area contributed by atoms with Crippen molar-refractivity contribution in [1.29, 1.82) is 0 Å². The first-order chi connectivity index (χ1) is 23.3. The Kier molecular flexibility index (Phi) is 9.08. The number of alkyl halides is 3. The molecule has 0 aliphatic carbocycles. The first-order valence-corrected chi connectivity index (χ1v) is 16.5. The normalized spacial score (nSPS) is 13.7. The van der Waals surface area contributed by atoms with Crippen molar-refractivity contribution in [3.63, 3.8) is 0 Å². The maximum absolute atomic E-state index is 12.8. The summed E-state index contributed by atoms with van der Waals surface area (Å²) in [4.78, 5) is 28.8. The lowest BCUT2D eigenvalue weighted by molar-refractivity contribution is -0.274. The van der Waals surface area contributed by atoms with Gasteiger partial charge < -0.3 is 34.3 Å². The molecule has 256 valence electrons. The summed E-state index contributed by atoms with van der Waals surface area (Å²) in [5.74, 6) is 0.399. The number of benzene rings is 3. The van der Waals surface area contributed by atoms with Gasteiger partial charge in [-0.2, -0.15) is 0 Å². The third-order valence-corrected chi connectivity index (χ3v) is 9.44. The van der Waals surface area contributed by atoms with Crippen LogP contribution in [-0.4, -0.2) is 86.1 Å². The van der Waals surface area contributed by atoms with Crippen LogP contribution in [0.5, 0.6) is 17.2 Å². The fourth-order valence-electron chi connectivity index (χ4n) is 5.36. The van der Waals surface area contributed by atoms with Crippen molar-refractivity contribution < 1.29 is 40.6 Å². The van der Waals surface area contributed by atoms with E-state index in [1.165, 1.54) is 30.6 Å². The third kappa shape index (κ3) is 7.24. The molecule has 0 unspecified atom stereocenters. The number of thiocarbonyl (C=S) groups is 1. The molecule has 0 radical (unpaired) electrons. The van der Waals surface area contributed by atoms with Gasteiger partial charge in [-0.25, -0.2) is 23.1 Å². The number of carbonyl (C=O) groups excluding carboxylic acids is 1. The van der Waals surface area contributed by atoms with E-state index in [2.05, 4.69) is 29.9 Å². The van der Waals surface area contributed by atoms with Crippen LogP contribution in [0.25, 0.3) is 21.9 Å². The van der Waals surface area contributed by atoms with Crippen molar-refractivity contribution in [2.24, 2.45) is 0 Å². The van der Waals surface area contributed by atoms with Gasteiger partial charge >= 0.3 is 6.36 Å². The summed E-state index contributed by atoms with van der Waals surface area (Å²) in [6, 6.07) is 13.2. The fourth-order valence-corrected chi connectivity index (χ4v) is 6.64. The highest BCUT2D eigenvalue weighted by molar-refractivity contribution is 7.90. The average Bonchev–Trinajstić information content (AvgIpc) is 3.45. The Morgan fingerprint density at radius 2 is 1.59 bits per heavy atom.